The first kappa shape index (κ1) is 26.3. The maximum atomic E-state index is 13.6. The molecule has 7 heteroatoms. The van der Waals surface area contributed by atoms with Crippen LogP contribution in [0.4, 0.5) is 13.2 Å². The highest BCUT2D eigenvalue weighted by molar-refractivity contribution is 9.46. The van der Waals surface area contributed by atoms with Crippen molar-refractivity contribution in [3.63, 3.8) is 0 Å². The monoisotopic (exact) mass is 616 g/mol. The molecule has 0 aliphatic rings. The number of fused-ring (bicyclic) bond motifs is 2. The average molecular weight is 617 g/mol. The molecular formula is C33H20BrF3O2S. The summed E-state index contributed by atoms with van der Waals surface area (Å²) in [5.74, 6) is -0.355. The van der Waals surface area contributed by atoms with Crippen molar-refractivity contribution in [2.24, 2.45) is 0 Å². The Kier molecular flexibility index (Phi) is 6.94. The fourth-order valence-electron chi connectivity index (χ4n) is 5.10. The predicted molar refractivity (Wildman–Crippen MR) is 160 cm³/mol. The van der Waals surface area contributed by atoms with Crippen LogP contribution in [0.25, 0.3) is 54.9 Å². The van der Waals surface area contributed by atoms with Gasteiger partial charge >= 0.3 is 6.36 Å². The molecule has 0 bridgehead atoms. The molecule has 0 saturated carbocycles. The first-order valence-corrected chi connectivity index (χ1v) is 15.4. The van der Waals surface area contributed by atoms with Crippen LogP contribution in [-0.4, -0.2) is 10.6 Å². The van der Waals surface area contributed by atoms with Crippen LogP contribution in [0.5, 0.6) is 5.75 Å². The number of hydrogen-bond acceptors (Lipinski definition) is 2. The fourth-order valence-corrected chi connectivity index (χ4v) is 6.46. The lowest BCUT2D eigenvalue weighted by Gasteiger charge is -2.20. The van der Waals surface area contributed by atoms with E-state index in [0.29, 0.717) is 21.2 Å². The van der Waals surface area contributed by atoms with E-state index in [1.54, 1.807) is 18.2 Å². The molecule has 6 rings (SSSR count). The highest BCUT2D eigenvalue weighted by atomic mass is 79.9. The van der Waals surface area contributed by atoms with Gasteiger partial charge in [0, 0.05) is 25.9 Å². The van der Waals surface area contributed by atoms with E-state index in [-0.39, 0.29) is 11.3 Å². The summed E-state index contributed by atoms with van der Waals surface area (Å²) in [7, 11) is -1.67. The zero-order chi connectivity index (χ0) is 27.9. The van der Waals surface area contributed by atoms with Crippen LogP contribution in [0, 0.1) is 0 Å². The zero-order valence-corrected chi connectivity index (χ0v) is 23.2. The summed E-state index contributed by atoms with van der Waals surface area (Å²) in [6.07, 6.45) is -4.91. The molecule has 0 spiro atoms. The minimum absolute atomic E-state index is 0.232. The molecule has 0 fully saturated rings. The lowest BCUT2D eigenvalue weighted by atomic mass is 9.90. The van der Waals surface area contributed by atoms with Gasteiger partial charge in [-0.15, -0.1) is 13.2 Å². The third kappa shape index (κ3) is 5.15. The van der Waals surface area contributed by atoms with Gasteiger partial charge in [0.25, 0.3) is 0 Å². The van der Waals surface area contributed by atoms with Crippen LogP contribution in [0.15, 0.2) is 126 Å². The van der Waals surface area contributed by atoms with Crippen molar-refractivity contribution in [3.8, 4) is 39.1 Å². The molecule has 6 aromatic rings. The Labute approximate surface area is 238 Å². The normalized spacial score (nSPS) is 12.5. The van der Waals surface area contributed by atoms with Gasteiger partial charge in [-0.3, -0.25) is 0 Å². The van der Waals surface area contributed by atoms with Crippen molar-refractivity contribution in [1.29, 1.82) is 0 Å². The van der Waals surface area contributed by atoms with Crippen LogP contribution in [0.2, 0.25) is 0 Å². The maximum Gasteiger partial charge on any atom is 0.573 e. The number of halogens is 4. The smallest absolute Gasteiger partial charge is 0.405 e. The number of hydrogen-bond donors (Lipinski definition) is 0. The van der Waals surface area contributed by atoms with Crippen molar-refractivity contribution in [2.75, 3.05) is 0 Å². The molecule has 0 heterocycles. The summed E-state index contributed by atoms with van der Waals surface area (Å²) >= 11 is 3.17. The summed E-state index contributed by atoms with van der Waals surface area (Å²) in [6, 6.07) is 37.4. The largest absolute Gasteiger partial charge is 0.573 e. The van der Waals surface area contributed by atoms with E-state index in [1.165, 1.54) is 6.07 Å². The summed E-state index contributed by atoms with van der Waals surface area (Å²) in [5.41, 5.74) is 4.54. The highest BCUT2D eigenvalue weighted by Gasteiger charge is 2.33. The Morgan fingerprint density at radius 1 is 0.575 bits per heavy atom. The molecule has 0 N–H and O–H groups in total. The SMILES string of the molecule is O=S(Br)c1ccc2cc(-c3ccccc3)ccc2c1-c1c(OC(F)(F)F)ccc2cc(-c3ccccc3)ccc12. The van der Waals surface area contributed by atoms with Gasteiger partial charge in [-0.25, -0.2) is 4.21 Å². The van der Waals surface area contributed by atoms with Gasteiger partial charge in [-0.05, 0) is 68.1 Å². The topological polar surface area (TPSA) is 26.3 Å². The van der Waals surface area contributed by atoms with E-state index in [0.717, 1.165) is 33.0 Å². The molecule has 0 saturated heterocycles. The molecule has 0 radical (unpaired) electrons. The van der Waals surface area contributed by atoms with Crippen molar-refractivity contribution < 1.29 is 22.1 Å². The number of ether oxygens (including phenoxy) is 1. The minimum atomic E-state index is -4.91. The van der Waals surface area contributed by atoms with Gasteiger partial charge in [-0.1, -0.05) is 97.1 Å². The van der Waals surface area contributed by atoms with Gasteiger partial charge in [-0.2, -0.15) is 0 Å². The Balaban J connectivity index is 1.66. The van der Waals surface area contributed by atoms with Crippen LogP contribution >= 0.6 is 14.8 Å². The molecule has 6 aromatic carbocycles. The van der Waals surface area contributed by atoms with Crippen LogP contribution in [0.3, 0.4) is 0 Å². The second-order valence-electron chi connectivity index (χ2n) is 9.25. The highest BCUT2D eigenvalue weighted by Crippen LogP contribution is 2.46. The van der Waals surface area contributed by atoms with E-state index >= 15 is 0 Å². The summed E-state index contributed by atoms with van der Waals surface area (Å²) in [6.45, 7) is 0. The molecule has 40 heavy (non-hydrogen) atoms. The third-order valence-corrected chi connectivity index (χ3v) is 8.56. The van der Waals surface area contributed by atoms with Crippen LogP contribution in [-0.2, 0) is 9.23 Å². The van der Waals surface area contributed by atoms with Gasteiger partial charge in [0.2, 0.25) is 0 Å². The summed E-state index contributed by atoms with van der Waals surface area (Å²) in [4.78, 5) is 0.353. The molecule has 1 unspecified atom stereocenters. The van der Waals surface area contributed by atoms with Gasteiger partial charge in [0.15, 0.2) is 0 Å². The summed E-state index contributed by atoms with van der Waals surface area (Å²) in [5, 5.41) is 2.75. The molecule has 0 aliphatic carbocycles. The second-order valence-corrected chi connectivity index (χ2v) is 11.9. The second kappa shape index (κ2) is 10.6. The zero-order valence-electron chi connectivity index (χ0n) is 20.8. The standard InChI is InChI=1S/C33H20BrF3O2S/c34-40(38)30-18-14-26-20-24(22-9-5-2-6-10-22)12-16-28(26)32(30)31-27-15-11-23(21-7-3-1-4-8-21)19-25(27)13-17-29(31)39-33(35,36)37/h1-20H. The number of benzene rings is 6. The Hall–Kier alpha value is -3.94. The third-order valence-electron chi connectivity index (χ3n) is 6.83. The Morgan fingerprint density at radius 2 is 1.07 bits per heavy atom. The van der Waals surface area contributed by atoms with E-state index in [4.69, 9.17) is 0 Å². The molecular weight excluding hydrogens is 597 g/mol. The Morgan fingerprint density at radius 3 is 1.57 bits per heavy atom. The van der Waals surface area contributed by atoms with E-state index in [9.17, 15) is 17.4 Å². The number of alkyl halides is 3. The van der Waals surface area contributed by atoms with Gasteiger partial charge in [0.05, 0.1) is 4.90 Å². The first-order valence-electron chi connectivity index (χ1n) is 12.4. The average Bonchev–Trinajstić information content (AvgIpc) is 2.96. The summed E-state index contributed by atoms with van der Waals surface area (Å²) < 4.78 is 58.4. The molecule has 0 aromatic heterocycles. The van der Waals surface area contributed by atoms with Gasteiger partial charge in [0.1, 0.15) is 15.0 Å². The van der Waals surface area contributed by atoms with Gasteiger partial charge < -0.3 is 4.74 Å². The fraction of sp³-hybridized carbons (Fsp3) is 0.0303. The van der Waals surface area contributed by atoms with Crippen molar-refractivity contribution in [1.82, 2.24) is 0 Å². The van der Waals surface area contributed by atoms with E-state index in [2.05, 4.69) is 19.5 Å². The number of rotatable bonds is 5. The van der Waals surface area contributed by atoms with Crippen LogP contribution < -0.4 is 4.74 Å². The van der Waals surface area contributed by atoms with Crippen molar-refractivity contribution in [3.05, 3.63) is 121 Å². The molecule has 0 amide bonds. The first-order chi connectivity index (χ1) is 19.3. The lowest BCUT2D eigenvalue weighted by molar-refractivity contribution is -0.274. The van der Waals surface area contributed by atoms with Crippen molar-refractivity contribution >= 4 is 45.6 Å². The van der Waals surface area contributed by atoms with Crippen LogP contribution in [0.1, 0.15) is 0 Å². The minimum Gasteiger partial charge on any atom is -0.405 e. The quantitative estimate of drug-likeness (QED) is 0.180. The van der Waals surface area contributed by atoms with E-state index < -0.39 is 15.6 Å². The maximum absolute atomic E-state index is 13.6. The molecule has 1 atom stereocenters. The molecule has 2 nitrogen and oxygen atoms in total. The van der Waals surface area contributed by atoms with E-state index in [1.807, 2.05) is 97.1 Å². The Bertz CT molecular complexity index is 1890. The lowest BCUT2D eigenvalue weighted by Crippen LogP contribution is -2.17. The predicted octanol–water partition coefficient (Wildman–Crippen LogP) is 10.3. The molecule has 0 aliphatic heterocycles. The van der Waals surface area contributed by atoms with Crippen molar-refractivity contribution in [2.45, 2.75) is 11.3 Å². The molecule has 198 valence electrons.